The summed E-state index contributed by atoms with van der Waals surface area (Å²) in [7, 11) is 0. The summed E-state index contributed by atoms with van der Waals surface area (Å²) >= 11 is 11.8. The van der Waals surface area contributed by atoms with Crippen LogP contribution in [0.3, 0.4) is 0 Å². The number of halogens is 2. The Morgan fingerprint density at radius 1 is 1.39 bits per heavy atom. The van der Waals surface area contributed by atoms with E-state index >= 15 is 0 Å². The van der Waals surface area contributed by atoms with E-state index in [1.54, 1.807) is 18.2 Å². The second-order valence-electron chi connectivity index (χ2n) is 3.89. The van der Waals surface area contributed by atoms with Gasteiger partial charge in [0.15, 0.2) is 0 Å². The molecule has 1 amide bonds. The molecule has 94 valence electrons. The summed E-state index contributed by atoms with van der Waals surface area (Å²) in [6, 6.07) is 6.73. The van der Waals surface area contributed by atoms with Crippen molar-refractivity contribution in [1.29, 1.82) is 0 Å². The van der Waals surface area contributed by atoms with Crippen molar-refractivity contribution in [3.8, 4) is 0 Å². The number of anilines is 1. The van der Waals surface area contributed by atoms with Crippen molar-refractivity contribution in [3.63, 3.8) is 0 Å². The molecule has 2 rings (SSSR count). The van der Waals surface area contributed by atoms with E-state index < -0.39 is 0 Å². The summed E-state index contributed by atoms with van der Waals surface area (Å²) in [6.45, 7) is 1.88. The molecule has 0 aliphatic rings. The van der Waals surface area contributed by atoms with Gasteiger partial charge >= 0.3 is 0 Å². The largest absolute Gasteiger partial charge is 0.324 e. The summed E-state index contributed by atoms with van der Waals surface area (Å²) in [4.78, 5) is 11.8. The molecule has 0 bridgehead atoms. The lowest BCUT2D eigenvalue weighted by Crippen LogP contribution is -2.14. The lowest BCUT2D eigenvalue weighted by Gasteiger charge is -2.06. The van der Waals surface area contributed by atoms with E-state index in [0.717, 1.165) is 5.69 Å². The van der Waals surface area contributed by atoms with Gasteiger partial charge in [0.2, 0.25) is 5.91 Å². The van der Waals surface area contributed by atoms with Crippen molar-refractivity contribution in [1.82, 2.24) is 10.2 Å². The number of hydrogen-bond acceptors (Lipinski definition) is 2. The van der Waals surface area contributed by atoms with Gasteiger partial charge in [-0.3, -0.25) is 9.89 Å². The molecule has 2 N–H and O–H groups in total. The molecule has 6 heteroatoms. The predicted molar refractivity (Wildman–Crippen MR) is 72.1 cm³/mol. The van der Waals surface area contributed by atoms with E-state index in [2.05, 4.69) is 15.5 Å². The van der Waals surface area contributed by atoms with E-state index in [1.165, 1.54) is 0 Å². The first kappa shape index (κ1) is 12.9. The van der Waals surface area contributed by atoms with Crippen molar-refractivity contribution < 1.29 is 4.79 Å². The van der Waals surface area contributed by atoms with Crippen LogP contribution in [-0.2, 0) is 11.2 Å². The van der Waals surface area contributed by atoms with Gasteiger partial charge in [0, 0.05) is 10.7 Å². The predicted octanol–water partition coefficient (Wildman–Crippen LogP) is 3.21. The fourth-order valence-corrected chi connectivity index (χ4v) is 1.85. The Morgan fingerprint density at radius 3 is 2.83 bits per heavy atom. The van der Waals surface area contributed by atoms with E-state index in [4.69, 9.17) is 23.2 Å². The third-order valence-corrected chi connectivity index (χ3v) is 2.87. The smallest absolute Gasteiger partial charge is 0.230 e. The molecular weight excluding hydrogens is 273 g/mol. The number of H-pyrrole nitrogens is 1. The monoisotopic (exact) mass is 283 g/mol. The molecule has 2 aromatic rings. The van der Waals surface area contributed by atoms with Gasteiger partial charge in [-0.25, -0.2) is 0 Å². The van der Waals surface area contributed by atoms with Gasteiger partial charge in [-0.15, -0.1) is 0 Å². The maximum atomic E-state index is 11.8. The van der Waals surface area contributed by atoms with Crippen LogP contribution in [0.4, 0.5) is 5.69 Å². The third kappa shape index (κ3) is 3.24. The molecule has 0 atom stereocenters. The first-order valence-electron chi connectivity index (χ1n) is 5.30. The molecule has 1 aromatic heterocycles. The van der Waals surface area contributed by atoms with Gasteiger partial charge in [-0.2, -0.15) is 5.10 Å². The van der Waals surface area contributed by atoms with Crippen LogP contribution in [0.25, 0.3) is 0 Å². The number of carbonyl (C=O) groups excluding carboxylic acids is 1. The fraction of sp³-hybridized carbons (Fsp3) is 0.167. The Hall–Kier alpha value is -1.52. The summed E-state index contributed by atoms with van der Waals surface area (Å²) in [5, 5.41) is 10.4. The van der Waals surface area contributed by atoms with Crippen LogP contribution < -0.4 is 5.32 Å². The lowest BCUT2D eigenvalue weighted by atomic mass is 10.2. The van der Waals surface area contributed by atoms with Crippen LogP contribution >= 0.6 is 23.2 Å². The molecule has 0 aliphatic carbocycles. The highest BCUT2D eigenvalue weighted by molar-refractivity contribution is 6.35. The quantitative estimate of drug-likeness (QED) is 0.909. The molecule has 0 saturated carbocycles. The average molecular weight is 284 g/mol. The van der Waals surface area contributed by atoms with Crippen molar-refractivity contribution in [2.75, 3.05) is 5.32 Å². The summed E-state index contributed by atoms with van der Waals surface area (Å²) in [5.74, 6) is -0.189. The van der Waals surface area contributed by atoms with Crippen molar-refractivity contribution >= 4 is 34.8 Å². The first-order chi connectivity index (χ1) is 8.54. The Bertz CT molecular complexity index is 580. The first-order valence-corrected chi connectivity index (χ1v) is 6.06. The Labute approximate surface area is 114 Å². The number of aromatic amines is 1. The lowest BCUT2D eigenvalue weighted by molar-refractivity contribution is -0.115. The fourth-order valence-electron chi connectivity index (χ4n) is 1.52. The molecule has 0 saturated heterocycles. The van der Waals surface area contributed by atoms with Crippen molar-refractivity contribution in [2.24, 2.45) is 0 Å². The number of nitrogens with one attached hydrogen (secondary N) is 2. The van der Waals surface area contributed by atoms with E-state index in [-0.39, 0.29) is 12.3 Å². The SMILES string of the molecule is Cc1cc(CC(=O)Nc2cc(Cl)ccc2Cl)n[nH]1. The van der Waals surface area contributed by atoms with Gasteiger partial charge in [-0.1, -0.05) is 23.2 Å². The van der Waals surface area contributed by atoms with Crippen LogP contribution in [-0.4, -0.2) is 16.1 Å². The number of nitrogens with zero attached hydrogens (tertiary/aromatic N) is 1. The Morgan fingerprint density at radius 2 is 2.17 bits per heavy atom. The number of aromatic nitrogens is 2. The standard InChI is InChI=1S/C12H11Cl2N3O/c1-7-4-9(17-16-7)6-12(18)15-11-5-8(13)2-3-10(11)14/h2-5H,6H2,1H3,(H,15,18)(H,16,17). The second kappa shape index (κ2) is 5.42. The molecule has 1 heterocycles. The van der Waals surface area contributed by atoms with Gasteiger partial charge < -0.3 is 5.32 Å². The number of aryl methyl sites for hydroxylation is 1. The van der Waals surface area contributed by atoms with Crippen LogP contribution in [0.15, 0.2) is 24.3 Å². The van der Waals surface area contributed by atoms with Crippen LogP contribution in [0.1, 0.15) is 11.4 Å². The van der Waals surface area contributed by atoms with Gasteiger partial charge in [0.05, 0.1) is 22.8 Å². The van der Waals surface area contributed by atoms with Crippen LogP contribution in [0.2, 0.25) is 10.0 Å². The molecular formula is C12H11Cl2N3O. The molecule has 0 spiro atoms. The zero-order chi connectivity index (χ0) is 13.1. The number of amides is 1. The van der Waals surface area contributed by atoms with Gasteiger partial charge in [0.25, 0.3) is 0 Å². The summed E-state index contributed by atoms with van der Waals surface area (Å²) in [6.07, 6.45) is 0.188. The summed E-state index contributed by atoms with van der Waals surface area (Å²) in [5.41, 5.74) is 2.10. The van der Waals surface area contributed by atoms with Crippen LogP contribution in [0.5, 0.6) is 0 Å². The van der Waals surface area contributed by atoms with E-state index in [9.17, 15) is 4.79 Å². The number of carbonyl (C=O) groups is 1. The maximum absolute atomic E-state index is 11.8. The highest BCUT2D eigenvalue weighted by Gasteiger charge is 2.09. The second-order valence-corrected chi connectivity index (χ2v) is 4.74. The minimum Gasteiger partial charge on any atom is -0.324 e. The molecule has 0 aliphatic heterocycles. The van der Waals surface area contributed by atoms with Crippen molar-refractivity contribution in [2.45, 2.75) is 13.3 Å². The molecule has 0 fully saturated rings. The number of hydrogen-bond donors (Lipinski definition) is 2. The van der Waals surface area contributed by atoms with Gasteiger partial charge in [-0.05, 0) is 31.2 Å². The molecule has 0 radical (unpaired) electrons. The third-order valence-electron chi connectivity index (χ3n) is 2.30. The number of benzene rings is 1. The topological polar surface area (TPSA) is 57.8 Å². The molecule has 0 unspecified atom stereocenters. The minimum atomic E-state index is -0.189. The Balaban J connectivity index is 2.05. The molecule has 4 nitrogen and oxygen atoms in total. The highest BCUT2D eigenvalue weighted by atomic mass is 35.5. The highest BCUT2D eigenvalue weighted by Crippen LogP contribution is 2.25. The summed E-state index contributed by atoms with van der Waals surface area (Å²) < 4.78 is 0. The normalized spacial score (nSPS) is 10.4. The van der Waals surface area contributed by atoms with E-state index in [0.29, 0.717) is 21.4 Å². The number of rotatable bonds is 3. The zero-order valence-corrected chi connectivity index (χ0v) is 11.1. The van der Waals surface area contributed by atoms with E-state index in [1.807, 2.05) is 13.0 Å². The van der Waals surface area contributed by atoms with Gasteiger partial charge in [0.1, 0.15) is 0 Å². The van der Waals surface area contributed by atoms with Crippen molar-refractivity contribution in [3.05, 3.63) is 45.7 Å². The average Bonchev–Trinajstić information content (AvgIpc) is 2.69. The van der Waals surface area contributed by atoms with Crippen LogP contribution in [0, 0.1) is 6.92 Å². The minimum absolute atomic E-state index is 0.188. The maximum Gasteiger partial charge on any atom is 0.230 e. The molecule has 1 aromatic carbocycles. The zero-order valence-electron chi connectivity index (χ0n) is 9.63. The Kier molecular flexibility index (Phi) is 3.89. The molecule has 18 heavy (non-hydrogen) atoms.